The van der Waals surface area contributed by atoms with E-state index in [0.717, 1.165) is 5.92 Å². The van der Waals surface area contributed by atoms with Crippen molar-refractivity contribution in [3.63, 3.8) is 0 Å². The van der Waals surface area contributed by atoms with Gasteiger partial charge in [0, 0.05) is 37.8 Å². The van der Waals surface area contributed by atoms with Crippen molar-refractivity contribution in [1.29, 1.82) is 0 Å². The van der Waals surface area contributed by atoms with Gasteiger partial charge < -0.3 is 5.32 Å². The van der Waals surface area contributed by atoms with E-state index in [1.165, 1.54) is 64.8 Å². The Bertz CT molecular complexity index is 286. The third-order valence-electron chi connectivity index (χ3n) is 5.36. The first-order chi connectivity index (χ1) is 9.61. The molecule has 0 aromatic rings. The van der Waals surface area contributed by atoms with Crippen molar-refractivity contribution in [2.45, 2.75) is 64.5 Å². The van der Waals surface area contributed by atoms with Gasteiger partial charge in [-0.1, -0.05) is 13.3 Å². The topological polar surface area (TPSA) is 18.5 Å². The summed E-state index contributed by atoms with van der Waals surface area (Å²) in [6.45, 7) is 13.4. The Morgan fingerprint density at radius 2 is 1.90 bits per heavy atom. The van der Waals surface area contributed by atoms with Crippen LogP contribution in [0.25, 0.3) is 0 Å². The van der Waals surface area contributed by atoms with Crippen LogP contribution in [-0.2, 0) is 0 Å². The monoisotopic (exact) mass is 281 g/mol. The van der Waals surface area contributed by atoms with Crippen LogP contribution in [0.3, 0.4) is 0 Å². The third kappa shape index (κ3) is 3.96. The maximum atomic E-state index is 3.33. The molecule has 0 aromatic carbocycles. The fourth-order valence-electron chi connectivity index (χ4n) is 3.78. The molecule has 1 spiro atoms. The van der Waals surface area contributed by atoms with Crippen LogP contribution in [0.5, 0.6) is 0 Å². The summed E-state index contributed by atoms with van der Waals surface area (Å²) in [5.74, 6) is 0.885. The van der Waals surface area contributed by atoms with Crippen molar-refractivity contribution in [3.8, 4) is 0 Å². The van der Waals surface area contributed by atoms with Crippen molar-refractivity contribution >= 4 is 0 Å². The molecule has 1 aliphatic carbocycles. The van der Waals surface area contributed by atoms with Gasteiger partial charge in [-0.25, -0.2) is 0 Å². The maximum Gasteiger partial charge on any atom is 0.0338 e. The first kappa shape index (κ1) is 16.3. The zero-order valence-corrected chi connectivity index (χ0v) is 14.1. The van der Waals surface area contributed by atoms with Crippen molar-refractivity contribution in [1.82, 2.24) is 15.1 Å². The minimum Gasteiger partial charge on any atom is -0.320 e. The number of nitrogens with one attached hydrogen (secondary N) is 1. The van der Waals surface area contributed by atoms with Gasteiger partial charge in [0.1, 0.15) is 0 Å². The summed E-state index contributed by atoms with van der Waals surface area (Å²) in [7, 11) is 2.08. The first-order valence-corrected chi connectivity index (χ1v) is 8.75. The molecular weight excluding hydrogens is 246 g/mol. The van der Waals surface area contributed by atoms with E-state index >= 15 is 0 Å². The molecule has 1 atom stereocenters. The normalized spacial score (nSPS) is 24.4. The Balaban J connectivity index is 1.88. The molecule has 1 saturated carbocycles. The lowest BCUT2D eigenvalue weighted by molar-refractivity contribution is 0.0301. The molecular formula is C17H35N3. The van der Waals surface area contributed by atoms with E-state index in [1.807, 2.05) is 0 Å². The number of piperazine rings is 1. The summed E-state index contributed by atoms with van der Waals surface area (Å²) in [5.41, 5.74) is 0.564. The molecule has 0 radical (unpaired) electrons. The second-order valence-corrected chi connectivity index (χ2v) is 7.28. The number of rotatable bonds is 8. The second kappa shape index (κ2) is 7.24. The minimum absolute atomic E-state index is 0.564. The predicted molar refractivity (Wildman–Crippen MR) is 87.2 cm³/mol. The fourth-order valence-corrected chi connectivity index (χ4v) is 3.78. The van der Waals surface area contributed by atoms with Gasteiger partial charge in [-0.05, 0) is 59.0 Å². The summed E-state index contributed by atoms with van der Waals surface area (Å²) in [6.07, 6.45) is 6.92. The molecule has 2 fully saturated rings. The van der Waals surface area contributed by atoms with E-state index in [4.69, 9.17) is 0 Å². The molecule has 2 aliphatic rings. The van der Waals surface area contributed by atoms with Gasteiger partial charge in [-0.15, -0.1) is 0 Å². The Kier molecular flexibility index (Phi) is 5.88. The van der Waals surface area contributed by atoms with Gasteiger partial charge in [0.2, 0.25) is 0 Å². The van der Waals surface area contributed by atoms with E-state index in [2.05, 4.69) is 42.9 Å². The van der Waals surface area contributed by atoms with Crippen molar-refractivity contribution < 1.29 is 0 Å². The smallest absolute Gasteiger partial charge is 0.0338 e. The number of hydrogen-bond donors (Lipinski definition) is 1. The van der Waals surface area contributed by atoms with Gasteiger partial charge in [0.15, 0.2) is 0 Å². The molecule has 2 rings (SSSR count). The molecule has 3 heteroatoms. The SMILES string of the molecule is CCCC(CCNC)CN1CCN(C(C)C)CC12CC2. The molecule has 20 heavy (non-hydrogen) atoms. The van der Waals surface area contributed by atoms with Crippen LogP contribution >= 0.6 is 0 Å². The molecule has 118 valence electrons. The molecule has 1 saturated heterocycles. The highest BCUT2D eigenvalue weighted by atomic mass is 15.3. The zero-order valence-electron chi connectivity index (χ0n) is 14.1. The summed E-state index contributed by atoms with van der Waals surface area (Å²) >= 11 is 0. The molecule has 1 heterocycles. The summed E-state index contributed by atoms with van der Waals surface area (Å²) < 4.78 is 0. The highest BCUT2D eigenvalue weighted by Gasteiger charge is 2.51. The Morgan fingerprint density at radius 3 is 2.45 bits per heavy atom. The van der Waals surface area contributed by atoms with Crippen LogP contribution < -0.4 is 5.32 Å². The second-order valence-electron chi connectivity index (χ2n) is 7.28. The summed E-state index contributed by atoms with van der Waals surface area (Å²) in [4.78, 5) is 5.54. The quantitative estimate of drug-likeness (QED) is 0.738. The lowest BCUT2D eigenvalue weighted by atomic mass is 9.96. The third-order valence-corrected chi connectivity index (χ3v) is 5.36. The van der Waals surface area contributed by atoms with E-state index < -0.39 is 0 Å². The Labute approximate surface area is 126 Å². The molecule has 1 N–H and O–H groups in total. The van der Waals surface area contributed by atoms with Crippen LogP contribution in [0.1, 0.15) is 52.9 Å². The van der Waals surface area contributed by atoms with Crippen LogP contribution in [0.2, 0.25) is 0 Å². The molecule has 0 amide bonds. The van der Waals surface area contributed by atoms with Gasteiger partial charge in [0.25, 0.3) is 0 Å². The van der Waals surface area contributed by atoms with Crippen molar-refractivity contribution in [2.24, 2.45) is 5.92 Å². The molecule has 0 bridgehead atoms. The Hall–Kier alpha value is -0.120. The summed E-state index contributed by atoms with van der Waals surface area (Å²) in [6, 6.07) is 0.713. The van der Waals surface area contributed by atoms with Gasteiger partial charge >= 0.3 is 0 Å². The van der Waals surface area contributed by atoms with Gasteiger partial charge in [-0.2, -0.15) is 0 Å². The average Bonchev–Trinajstić information content (AvgIpc) is 3.18. The van der Waals surface area contributed by atoms with Crippen LogP contribution in [0.4, 0.5) is 0 Å². The van der Waals surface area contributed by atoms with E-state index in [9.17, 15) is 0 Å². The van der Waals surface area contributed by atoms with Crippen LogP contribution in [0.15, 0.2) is 0 Å². The minimum atomic E-state index is 0.564. The molecule has 1 aliphatic heterocycles. The van der Waals surface area contributed by atoms with E-state index in [0.29, 0.717) is 11.6 Å². The standard InChI is InChI=1S/C17H35N3/c1-5-6-16(7-10-18-4)13-20-12-11-19(15(2)3)14-17(20)8-9-17/h15-16,18H,5-14H2,1-4H3. The van der Waals surface area contributed by atoms with Crippen molar-refractivity contribution in [3.05, 3.63) is 0 Å². The molecule has 0 aromatic heterocycles. The lowest BCUT2D eigenvalue weighted by Crippen LogP contribution is -2.57. The molecule has 1 unspecified atom stereocenters. The fraction of sp³-hybridized carbons (Fsp3) is 1.00. The van der Waals surface area contributed by atoms with Crippen LogP contribution in [0, 0.1) is 5.92 Å². The van der Waals surface area contributed by atoms with Gasteiger partial charge in [0.05, 0.1) is 0 Å². The zero-order chi connectivity index (χ0) is 14.6. The summed E-state index contributed by atoms with van der Waals surface area (Å²) in [5, 5.41) is 3.33. The predicted octanol–water partition coefficient (Wildman–Crippen LogP) is 2.57. The number of hydrogen-bond acceptors (Lipinski definition) is 3. The first-order valence-electron chi connectivity index (χ1n) is 8.75. The largest absolute Gasteiger partial charge is 0.320 e. The lowest BCUT2D eigenvalue weighted by Gasteiger charge is -2.45. The highest BCUT2D eigenvalue weighted by molar-refractivity contribution is 5.08. The maximum absolute atomic E-state index is 3.33. The van der Waals surface area contributed by atoms with Crippen molar-refractivity contribution in [2.75, 3.05) is 39.8 Å². The van der Waals surface area contributed by atoms with Gasteiger partial charge in [-0.3, -0.25) is 9.80 Å². The van der Waals surface area contributed by atoms with E-state index in [1.54, 1.807) is 0 Å². The molecule has 3 nitrogen and oxygen atoms in total. The Morgan fingerprint density at radius 1 is 1.15 bits per heavy atom. The highest BCUT2D eigenvalue weighted by Crippen LogP contribution is 2.45. The number of nitrogens with zero attached hydrogens (tertiary/aromatic N) is 2. The average molecular weight is 281 g/mol. The van der Waals surface area contributed by atoms with E-state index in [-0.39, 0.29) is 0 Å². The van der Waals surface area contributed by atoms with Crippen LogP contribution in [-0.4, -0.2) is 61.2 Å².